The molecule has 0 saturated carbocycles. The Labute approximate surface area is 281 Å². The van der Waals surface area contributed by atoms with Crippen molar-refractivity contribution >= 4 is 43.6 Å². The molecule has 0 aliphatic carbocycles. The van der Waals surface area contributed by atoms with Gasteiger partial charge < -0.3 is 9.13 Å². The molecule has 0 bridgehead atoms. The lowest BCUT2D eigenvalue weighted by atomic mass is 10.1. The molecule has 0 N–H and O–H groups in total. The molecule has 2 heterocycles. The molecule has 9 rings (SSSR count). The highest BCUT2D eigenvalue weighted by molar-refractivity contribution is 6.19. The lowest BCUT2D eigenvalue weighted by molar-refractivity contribution is 1.16. The second-order valence-corrected chi connectivity index (χ2v) is 10.0. The number of fused-ring (bicyclic) bond motifs is 6. The Morgan fingerprint density at radius 1 is 0.364 bits per heavy atom. The summed E-state index contributed by atoms with van der Waals surface area (Å²) in [5.74, 6) is 0. The number of nitrogens with zero attached hydrogens (tertiary/aromatic N) is 2. The van der Waals surface area contributed by atoms with E-state index in [4.69, 9.17) is 21.9 Å². The van der Waals surface area contributed by atoms with E-state index in [2.05, 4.69) is 0 Å². The number of aromatic nitrogens is 2. The summed E-state index contributed by atoms with van der Waals surface area (Å²) in [6.45, 7) is 0. The van der Waals surface area contributed by atoms with Crippen LogP contribution in [0.3, 0.4) is 0 Å². The molecule has 0 aliphatic rings. The predicted octanol–water partition coefficient (Wildman–Crippen LogP) is 11.2. The van der Waals surface area contributed by atoms with Crippen molar-refractivity contribution in [2.75, 3.05) is 0 Å². The normalized spacial score (nSPS) is 17.4. The van der Waals surface area contributed by atoms with Crippen LogP contribution in [0.5, 0.6) is 0 Å². The Morgan fingerprint density at radius 3 is 1.64 bits per heavy atom. The van der Waals surface area contributed by atoms with E-state index in [1.165, 1.54) is 45.5 Å². The van der Waals surface area contributed by atoms with E-state index in [-0.39, 0.29) is 95.8 Å². The van der Waals surface area contributed by atoms with Gasteiger partial charge in [0.05, 0.1) is 46.7 Å². The molecule has 44 heavy (non-hydrogen) atoms. The SMILES string of the molecule is [2H]c1cc([2H])c(-c2ccc(-n3c4c([2H])c([2H])c([2H])c([2H])c4c4c([2H])c5c6c([2H])c([2H])c([2H])c([2H])c6n(-c6cccc(-c7c([2H])c([2H])c([2H])c([2H])c7[2H])c6)c5c([2H])c43)cc2)c([2H])c1. The summed E-state index contributed by atoms with van der Waals surface area (Å²) in [5, 5.41) is -0.487. The van der Waals surface area contributed by atoms with Crippen LogP contribution in [0.2, 0.25) is 0 Å². The minimum atomic E-state index is -0.631. The first-order chi connectivity index (χ1) is 29.3. The van der Waals surface area contributed by atoms with E-state index < -0.39 is 84.6 Å². The highest BCUT2D eigenvalue weighted by Gasteiger charge is 2.18. The number of rotatable bonds is 4. The maximum Gasteiger partial charge on any atom is 0.0668 e. The van der Waals surface area contributed by atoms with E-state index in [1.807, 2.05) is 0 Å². The van der Waals surface area contributed by atoms with Crippen molar-refractivity contribution in [1.29, 1.82) is 0 Å². The molecule has 9 aromatic rings. The van der Waals surface area contributed by atoms with E-state index >= 15 is 0 Å². The van der Waals surface area contributed by atoms with Gasteiger partial charge in [0.15, 0.2) is 0 Å². The molecule has 2 nitrogen and oxygen atoms in total. The van der Waals surface area contributed by atoms with Crippen LogP contribution < -0.4 is 0 Å². The molecule has 0 amide bonds. The number of benzene rings is 7. The molecule has 206 valence electrons. The first-order valence-corrected chi connectivity index (χ1v) is 13.6. The van der Waals surface area contributed by atoms with Gasteiger partial charge in [-0.25, -0.2) is 0 Å². The van der Waals surface area contributed by atoms with Crippen LogP contribution in [-0.4, -0.2) is 9.13 Å². The van der Waals surface area contributed by atoms with Crippen LogP contribution in [0.4, 0.5) is 0 Å². The van der Waals surface area contributed by atoms with E-state index in [1.54, 1.807) is 24.3 Å². The maximum atomic E-state index is 10.0. The van der Waals surface area contributed by atoms with Gasteiger partial charge in [-0.15, -0.1) is 0 Å². The lowest BCUT2D eigenvalue weighted by Gasteiger charge is -2.12. The van der Waals surface area contributed by atoms with Crippen molar-refractivity contribution in [1.82, 2.24) is 9.13 Å². The third kappa shape index (κ3) is 3.82. The van der Waals surface area contributed by atoms with Gasteiger partial charge in [0, 0.05) is 32.9 Å². The van der Waals surface area contributed by atoms with Gasteiger partial charge in [0.25, 0.3) is 0 Å². The molecule has 0 unspecified atom stereocenters. The second kappa shape index (κ2) is 9.86. The van der Waals surface area contributed by atoms with Crippen molar-refractivity contribution in [2.45, 2.75) is 0 Å². The zero-order valence-electron chi connectivity index (χ0n) is 40.7. The molecular formula is C42H28N2. The van der Waals surface area contributed by atoms with Crippen LogP contribution in [0.15, 0.2) is 169 Å². The number of hydrogen-bond donors (Lipinski definition) is 0. The fourth-order valence-electron chi connectivity index (χ4n) is 5.68. The summed E-state index contributed by atoms with van der Waals surface area (Å²) in [4.78, 5) is 0. The minimum absolute atomic E-state index is 0.00791. The summed E-state index contributed by atoms with van der Waals surface area (Å²) in [7, 11) is 0. The fourth-order valence-corrected chi connectivity index (χ4v) is 5.68. The van der Waals surface area contributed by atoms with Gasteiger partial charge >= 0.3 is 0 Å². The minimum Gasteiger partial charge on any atom is -0.309 e. The fraction of sp³-hybridized carbons (Fsp3) is 0. The van der Waals surface area contributed by atoms with Crippen LogP contribution in [0.1, 0.15) is 24.7 Å². The smallest absolute Gasteiger partial charge is 0.0668 e. The standard InChI is InChI=1S/C42H28N2/c1-3-12-29(13-4-1)31-22-24-33(25-23-31)43-39-20-9-7-18-35(39)37-27-38-36-19-8-10-21-40(36)44(42(38)28-41(37)43)34-17-11-16-32(26-34)30-14-5-2-6-15-30/h1-28H/i1D,2D,5D,6D,7D,8D,9D,10D,12D,13D,14D,15D,18D,19D,20D,21D,27D,28D. The van der Waals surface area contributed by atoms with Crippen LogP contribution in [0, 0.1) is 0 Å². The monoisotopic (exact) mass is 578 g/mol. The van der Waals surface area contributed by atoms with Gasteiger partial charge in [0.2, 0.25) is 0 Å². The molecule has 0 atom stereocenters. The van der Waals surface area contributed by atoms with Crippen molar-refractivity contribution in [2.24, 2.45) is 0 Å². The topological polar surface area (TPSA) is 9.86 Å². The van der Waals surface area contributed by atoms with Gasteiger partial charge in [-0.2, -0.15) is 0 Å². The Kier molecular flexibility index (Phi) is 2.87. The van der Waals surface area contributed by atoms with Crippen LogP contribution in [0.25, 0.3) is 77.2 Å². The predicted molar refractivity (Wildman–Crippen MR) is 186 cm³/mol. The van der Waals surface area contributed by atoms with Gasteiger partial charge in [-0.05, 0) is 70.7 Å². The number of para-hydroxylation sites is 2. The zero-order valence-corrected chi connectivity index (χ0v) is 22.7. The summed E-state index contributed by atoms with van der Waals surface area (Å²) < 4.78 is 160. The number of hydrogen-bond acceptors (Lipinski definition) is 0. The van der Waals surface area contributed by atoms with E-state index in [9.17, 15) is 2.74 Å². The van der Waals surface area contributed by atoms with Crippen molar-refractivity contribution < 1.29 is 24.7 Å². The summed E-state index contributed by atoms with van der Waals surface area (Å²) in [6, 6.07) is 6.76. The van der Waals surface area contributed by atoms with Gasteiger partial charge in [-0.3, -0.25) is 0 Å². The highest BCUT2D eigenvalue weighted by Crippen LogP contribution is 2.40. The summed E-state index contributed by atoms with van der Waals surface area (Å²) in [6.07, 6.45) is 0. The maximum absolute atomic E-state index is 10.0. The molecule has 0 fully saturated rings. The quantitative estimate of drug-likeness (QED) is 0.197. The Bertz CT molecular complexity index is 3450. The molecular weight excluding hydrogens is 532 g/mol. The first-order valence-electron chi connectivity index (χ1n) is 22.6. The molecule has 7 aromatic carbocycles. The Balaban J connectivity index is 1.47. The third-order valence-corrected chi connectivity index (χ3v) is 7.60. The van der Waals surface area contributed by atoms with Crippen LogP contribution >= 0.6 is 0 Å². The molecule has 0 spiro atoms. The van der Waals surface area contributed by atoms with Crippen molar-refractivity contribution in [3.63, 3.8) is 0 Å². The van der Waals surface area contributed by atoms with Gasteiger partial charge in [0.1, 0.15) is 0 Å². The highest BCUT2D eigenvalue weighted by atomic mass is 15.0. The second-order valence-electron chi connectivity index (χ2n) is 10.0. The van der Waals surface area contributed by atoms with E-state index in [0.717, 1.165) is 0 Å². The molecule has 0 radical (unpaired) electrons. The largest absolute Gasteiger partial charge is 0.309 e. The average Bonchev–Trinajstić information content (AvgIpc) is 3.80. The van der Waals surface area contributed by atoms with Crippen LogP contribution in [-0.2, 0) is 0 Å². The van der Waals surface area contributed by atoms with E-state index in [0.29, 0.717) is 5.56 Å². The first kappa shape index (κ1) is 12.8. The molecule has 2 heteroatoms. The Morgan fingerprint density at radius 2 is 0.955 bits per heavy atom. The third-order valence-electron chi connectivity index (χ3n) is 7.60. The molecule has 0 saturated heterocycles. The van der Waals surface area contributed by atoms with Crippen molar-refractivity contribution in [3.05, 3.63) is 169 Å². The molecule has 0 aliphatic heterocycles. The van der Waals surface area contributed by atoms with Gasteiger partial charge in [-0.1, -0.05) is 121 Å². The Hall–Kier alpha value is -5.86. The zero-order chi connectivity index (χ0) is 44.7. The summed E-state index contributed by atoms with van der Waals surface area (Å²) in [5.41, 5.74) is 0.671. The summed E-state index contributed by atoms with van der Waals surface area (Å²) >= 11 is 0. The molecule has 2 aromatic heterocycles. The lowest BCUT2D eigenvalue weighted by Crippen LogP contribution is -1.96. The average molecular weight is 579 g/mol. The van der Waals surface area contributed by atoms with Crippen molar-refractivity contribution in [3.8, 4) is 33.6 Å².